The van der Waals surface area contributed by atoms with Crippen LogP contribution in [0.15, 0.2) is 53.1 Å². The number of amides is 1. The molecule has 2 aromatic carbocycles. The highest BCUT2D eigenvalue weighted by atomic mass is 35.5. The Bertz CT molecular complexity index is 989. The van der Waals surface area contributed by atoms with Crippen LogP contribution in [-0.2, 0) is 0 Å². The maximum absolute atomic E-state index is 12.6. The van der Waals surface area contributed by atoms with E-state index in [0.717, 1.165) is 0 Å². The fourth-order valence-corrected chi connectivity index (χ4v) is 2.84. The number of aromatic nitrogens is 1. The minimum Gasteiger partial charge on any atom is -0.497 e. The third kappa shape index (κ3) is 5.00. The van der Waals surface area contributed by atoms with Crippen molar-refractivity contribution in [1.29, 1.82) is 0 Å². The number of halogens is 1. The average molecular weight is 417 g/mol. The summed E-state index contributed by atoms with van der Waals surface area (Å²) in [6.07, 6.45) is 0. The molecule has 0 bridgehead atoms. The van der Waals surface area contributed by atoms with Crippen molar-refractivity contribution in [3.63, 3.8) is 0 Å². The summed E-state index contributed by atoms with van der Waals surface area (Å²) < 4.78 is 21.6. The first-order valence-corrected chi connectivity index (χ1v) is 9.22. The van der Waals surface area contributed by atoms with Crippen LogP contribution < -0.4 is 14.2 Å². The van der Waals surface area contributed by atoms with E-state index in [2.05, 4.69) is 5.16 Å². The number of nitrogens with zero attached hydrogens (tertiary/aromatic N) is 2. The molecule has 8 heteroatoms. The van der Waals surface area contributed by atoms with Gasteiger partial charge in [-0.15, -0.1) is 0 Å². The van der Waals surface area contributed by atoms with E-state index in [1.807, 2.05) is 0 Å². The van der Waals surface area contributed by atoms with Gasteiger partial charge in [-0.05, 0) is 36.4 Å². The lowest BCUT2D eigenvalue weighted by Crippen LogP contribution is -2.31. The lowest BCUT2D eigenvalue weighted by atomic mass is 10.1. The van der Waals surface area contributed by atoms with Crippen molar-refractivity contribution in [2.45, 2.75) is 0 Å². The number of rotatable bonds is 8. The van der Waals surface area contributed by atoms with E-state index in [1.54, 1.807) is 69.8 Å². The van der Waals surface area contributed by atoms with Gasteiger partial charge in [0.05, 0.1) is 26.3 Å². The van der Waals surface area contributed by atoms with Gasteiger partial charge in [-0.25, -0.2) is 0 Å². The zero-order chi connectivity index (χ0) is 20.8. The van der Waals surface area contributed by atoms with Gasteiger partial charge in [0.2, 0.25) is 0 Å². The van der Waals surface area contributed by atoms with Crippen LogP contribution in [0.2, 0.25) is 5.02 Å². The van der Waals surface area contributed by atoms with Crippen molar-refractivity contribution in [2.75, 3.05) is 34.4 Å². The molecule has 0 radical (unpaired) electrons. The number of hydrogen-bond donors (Lipinski definition) is 0. The van der Waals surface area contributed by atoms with E-state index < -0.39 is 0 Å². The minimum absolute atomic E-state index is 0.190. The summed E-state index contributed by atoms with van der Waals surface area (Å²) in [6.45, 7) is 0.688. The lowest BCUT2D eigenvalue weighted by Gasteiger charge is -2.16. The lowest BCUT2D eigenvalue weighted by molar-refractivity contribution is 0.0763. The quantitative estimate of drug-likeness (QED) is 0.549. The van der Waals surface area contributed by atoms with Crippen LogP contribution in [0.5, 0.6) is 17.2 Å². The van der Waals surface area contributed by atoms with E-state index >= 15 is 0 Å². The Morgan fingerprint density at radius 2 is 1.93 bits per heavy atom. The number of likely N-dealkylation sites (N-methyl/N-ethyl adjacent to an activating group) is 1. The molecule has 0 saturated heterocycles. The second-order valence-corrected chi connectivity index (χ2v) is 6.61. The van der Waals surface area contributed by atoms with E-state index in [0.29, 0.717) is 46.7 Å². The highest BCUT2D eigenvalue weighted by molar-refractivity contribution is 6.30. The van der Waals surface area contributed by atoms with E-state index in [1.165, 1.54) is 4.90 Å². The van der Waals surface area contributed by atoms with Gasteiger partial charge in [0.25, 0.3) is 5.91 Å². The molecular formula is C21H21ClN2O5. The Balaban J connectivity index is 1.66. The zero-order valence-electron chi connectivity index (χ0n) is 16.3. The summed E-state index contributed by atoms with van der Waals surface area (Å²) in [4.78, 5) is 14.1. The van der Waals surface area contributed by atoms with Gasteiger partial charge in [-0.2, -0.15) is 0 Å². The van der Waals surface area contributed by atoms with Gasteiger partial charge < -0.3 is 23.6 Å². The Labute approximate surface area is 173 Å². The van der Waals surface area contributed by atoms with Gasteiger partial charge in [-0.3, -0.25) is 4.79 Å². The van der Waals surface area contributed by atoms with Gasteiger partial charge in [-0.1, -0.05) is 22.8 Å². The van der Waals surface area contributed by atoms with Crippen LogP contribution >= 0.6 is 11.6 Å². The van der Waals surface area contributed by atoms with Crippen molar-refractivity contribution in [3.05, 3.63) is 59.2 Å². The molecule has 0 atom stereocenters. The van der Waals surface area contributed by atoms with Crippen LogP contribution in [0, 0.1) is 0 Å². The van der Waals surface area contributed by atoms with Gasteiger partial charge >= 0.3 is 0 Å². The number of ether oxygens (including phenoxy) is 3. The Hall–Kier alpha value is -3.19. The van der Waals surface area contributed by atoms with Gasteiger partial charge in [0, 0.05) is 18.1 Å². The first-order chi connectivity index (χ1) is 14.0. The number of carbonyl (C=O) groups excluding carboxylic acids is 1. The molecule has 0 aliphatic carbocycles. The molecule has 3 rings (SSSR count). The molecule has 0 aliphatic rings. The van der Waals surface area contributed by atoms with Crippen molar-refractivity contribution in [1.82, 2.24) is 10.1 Å². The molecule has 1 aromatic heterocycles. The van der Waals surface area contributed by atoms with Crippen LogP contribution in [0.25, 0.3) is 11.3 Å². The summed E-state index contributed by atoms with van der Waals surface area (Å²) in [7, 11) is 4.80. The molecule has 0 aliphatic heterocycles. The maximum Gasteiger partial charge on any atom is 0.275 e. The van der Waals surface area contributed by atoms with Crippen LogP contribution in [-0.4, -0.2) is 50.4 Å². The fraction of sp³-hybridized carbons (Fsp3) is 0.238. The molecule has 1 heterocycles. The third-order valence-electron chi connectivity index (χ3n) is 4.24. The number of carbonyl (C=O) groups is 1. The second-order valence-electron chi connectivity index (χ2n) is 6.18. The molecule has 152 valence electrons. The summed E-state index contributed by atoms with van der Waals surface area (Å²) in [6, 6.07) is 14.0. The first kappa shape index (κ1) is 20.5. The molecule has 0 fully saturated rings. The molecular weight excluding hydrogens is 396 g/mol. The standard InChI is InChI=1S/C21H21ClN2O5/c1-24(9-10-28-16-6-4-5-14(22)11-16)21(25)18-13-20(29-23-18)17-12-15(26-2)7-8-19(17)27-3/h4-8,11-13H,9-10H2,1-3H3. The first-order valence-electron chi connectivity index (χ1n) is 8.84. The van der Waals surface area contributed by atoms with Crippen molar-refractivity contribution in [3.8, 4) is 28.6 Å². The largest absolute Gasteiger partial charge is 0.497 e. The fourth-order valence-electron chi connectivity index (χ4n) is 2.66. The zero-order valence-corrected chi connectivity index (χ0v) is 17.1. The predicted molar refractivity (Wildman–Crippen MR) is 109 cm³/mol. The monoisotopic (exact) mass is 416 g/mol. The topological polar surface area (TPSA) is 74.0 Å². The predicted octanol–water partition coefficient (Wildman–Crippen LogP) is 4.16. The SMILES string of the molecule is COc1ccc(OC)c(-c2cc(C(=O)N(C)CCOc3cccc(Cl)c3)no2)c1. The molecule has 1 amide bonds. The summed E-state index contributed by atoms with van der Waals surface area (Å²) in [5.41, 5.74) is 0.834. The smallest absolute Gasteiger partial charge is 0.275 e. The average Bonchev–Trinajstić information content (AvgIpc) is 3.22. The van der Waals surface area contributed by atoms with Crippen LogP contribution in [0.1, 0.15) is 10.5 Å². The Kier molecular flexibility index (Phi) is 6.61. The second kappa shape index (κ2) is 9.34. The maximum atomic E-state index is 12.6. The summed E-state index contributed by atoms with van der Waals surface area (Å²) >= 11 is 5.93. The van der Waals surface area contributed by atoms with E-state index in [-0.39, 0.29) is 11.6 Å². The van der Waals surface area contributed by atoms with Gasteiger partial charge in [0.1, 0.15) is 23.9 Å². The van der Waals surface area contributed by atoms with Crippen molar-refractivity contribution >= 4 is 17.5 Å². The number of benzene rings is 2. The van der Waals surface area contributed by atoms with Crippen LogP contribution in [0.4, 0.5) is 0 Å². The molecule has 0 saturated carbocycles. The normalized spacial score (nSPS) is 10.5. The minimum atomic E-state index is -0.281. The molecule has 3 aromatic rings. The van der Waals surface area contributed by atoms with E-state index in [4.69, 9.17) is 30.3 Å². The third-order valence-corrected chi connectivity index (χ3v) is 4.47. The summed E-state index contributed by atoms with van der Waals surface area (Å²) in [5.74, 6) is 2.00. The van der Waals surface area contributed by atoms with Crippen molar-refractivity contribution in [2.24, 2.45) is 0 Å². The Morgan fingerprint density at radius 1 is 1.10 bits per heavy atom. The highest BCUT2D eigenvalue weighted by Gasteiger charge is 2.20. The van der Waals surface area contributed by atoms with Crippen LogP contribution in [0.3, 0.4) is 0 Å². The van der Waals surface area contributed by atoms with Gasteiger partial charge in [0.15, 0.2) is 11.5 Å². The molecule has 0 N–H and O–H groups in total. The molecule has 0 spiro atoms. The van der Waals surface area contributed by atoms with Crippen molar-refractivity contribution < 1.29 is 23.5 Å². The molecule has 7 nitrogen and oxygen atoms in total. The number of methoxy groups -OCH3 is 2. The summed E-state index contributed by atoms with van der Waals surface area (Å²) in [5, 5.41) is 4.49. The highest BCUT2D eigenvalue weighted by Crippen LogP contribution is 2.33. The molecule has 29 heavy (non-hydrogen) atoms. The molecule has 0 unspecified atom stereocenters. The number of hydrogen-bond acceptors (Lipinski definition) is 6. The Morgan fingerprint density at radius 3 is 2.66 bits per heavy atom. The van der Waals surface area contributed by atoms with E-state index in [9.17, 15) is 4.79 Å².